The van der Waals surface area contributed by atoms with Crippen LogP contribution >= 0.6 is 15.9 Å². The zero-order valence-electron chi connectivity index (χ0n) is 9.14. The molecule has 0 aliphatic carbocycles. The lowest BCUT2D eigenvalue weighted by molar-refractivity contribution is 0.544. The standard InChI is InChI=1S/C12H10BrN3O/c1-7-4-5-9(17-7)12-15-11(13)10-8(14)3-2-6-16(10)12/h2-6H,14H2,1H3. The predicted octanol–water partition coefficient (Wildman–Crippen LogP) is 3.25. The Bertz CT molecular complexity index is 699. The molecule has 3 rings (SSSR count). The number of aryl methyl sites for hydroxylation is 1. The zero-order valence-corrected chi connectivity index (χ0v) is 10.7. The Labute approximate surface area is 106 Å². The average molecular weight is 292 g/mol. The predicted molar refractivity (Wildman–Crippen MR) is 69.7 cm³/mol. The van der Waals surface area contributed by atoms with Crippen molar-refractivity contribution in [2.24, 2.45) is 0 Å². The summed E-state index contributed by atoms with van der Waals surface area (Å²) in [6.45, 7) is 1.91. The average Bonchev–Trinajstić information content (AvgIpc) is 2.84. The first-order chi connectivity index (χ1) is 8.16. The van der Waals surface area contributed by atoms with Crippen molar-refractivity contribution in [2.75, 3.05) is 5.73 Å². The van der Waals surface area contributed by atoms with Crippen molar-refractivity contribution < 1.29 is 4.42 Å². The van der Waals surface area contributed by atoms with Gasteiger partial charge in [0.15, 0.2) is 11.6 Å². The second kappa shape index (κ2) is 3.63. The van der Waals surface area contributed by atoms with Crippen LogP contribution < -0.4 is 5.73 Å². The number of nitrogens with zero attached hydrogens (tertiary/aromatic N) is 2. The highest BCUT2D eigenvalue weighted by Crippen LogP contribution is 2.30. The van der Waals surface area contributed by atoms with E-state index in [0.717, 1.165) is 27.5 Å². The zero-order chi connectivity index (χ0) is 12.0. The topological polar surface area (TPSA) is 56.5 Å². The van der Waals surface area contributed by atoms with Gasteiger partial charge in [0.1, 0.15) is 15.9 Å². The Kier molecular flexibility index (Phi) is 2.22. The molecule has 0 aliphatic heterocycles. The van der Waals surface area contributed by atoms with Crippen molar-refractivity contribution in [3.8, 4) is 11.6 Å². The fourth-order valence-electron chi connectivity index (χ4n) is 1.85. The van der Waals surface area contributed by atoms with Crippen LogP contribution in [0, 0.1) is 6.92 Å². The minimum Gasteiger partial charge on any atom is -0.458 e. The molecule has 4 nitrogen and oxygen atoms in total. The lowest BCUT2D eigenvalue weighted by Gasteiger charge is -2.00. The fraction of sp³-hybridized carbons (Fsp3) is 0.0833. The Hall–Kier alpha value is -1.75. The van der Waals surface area contributed by atoms with Gasteiger partial charge in [-0.15, -0.1) is 0 Å². The fourth-order valence-corrected chi connectivity index (χ4v) is 2.44. The quantitative estimate of drug-likeness (QED) is 0.749. The highest BCUT2D eigenvalue weighted by atomic mass is 79.9. The first-order valence-electron chi connectivity index (χ1n) is 5.15. The van der Waals surface area contributed by atoms with Gasteiger partial charge in [-0.2, -0.15) is 0 Å². The van der Waals surface area contributed by atoms with Crippen LogP contribution in [0.3, 0.4) is 0 Å². The van der Waals surface area contributed by atoms with E-state index in [1.54, 1.807) is 0 Å². The molecule has 86 valence electrons. The van der Waals surface area contributed by atoms with Crippen LogP contribution in [0.2, 0.25) is 0 Å². The molecular weight excluding hydrogens is 282 g/mol. The van der Waals surface area contributed by atoms with Crippen molar-refractivity contribution in [1.29, 1.82) is 0 Å². The second-order valence-corrected chi connectivity index (χ2v) is 4.57. The van der Waals surface area contributed by atoms with Crippen molar-refractivity contribution in [1.82, 2.24) is 9.38 Å². The summed E-state index contributed by atoms with van der Waals surface area (Å²) in [5.41, 5.74) is 7.47. The van der Waals surface area contributed by atoms with Gasteiger partial charge in [0.2, 0.25) is 0 Å². The third kappa shape index (κ3) is 1.54. The van der Waals surface area contributed by atoms with Gasteiger partial charge in [-0.25, -0.2) is 4.98 Å². The van der Waals surface area contributed by atoms with E-state index < -0.39 is 0 Å². The van der Waals surface area contributed by atoms with E-state index in [9.17, 15) is 0 Å². The molecule has 17 heavy (non-hydrogen) atoms. The van der Waals surface area contributed by atoms with Gasteiger partial charge in [-0.05, 0) is 47.1 Å². The first-order valence-corrected chi connectivity index (χ1v) is 5.95. The normalized spacial score (nSPS) is 11.2. The number of aromatic nitrogens is 2. The number of fused-ring (bicyclic) bond motifs is 1. The Balaban J connectivity index is 2.35. The molecule has 0 aliphatic rings. The van der Waals surface area contributed by atoms with Gasteiger partial charge >= 0.3 is 0 Å². The maximum Gasteiger partial charge on any atom is 0.182 e. The molecule has 0 fully saturated rings. The summed E-state index contributed by atoms with van der Waals surface area (Å²) in [5, 5.41) is 0. The monoisotopic (exact) mass is 291 g/mol. The van der Waals surface area contributed by atoms with Gasteiger partial charge in [-0.3, -0.25) is 4.40 Å². The van der Waals surface area contributed by atoms with Gasteiger partial charge < -0.3 is 10.2 Å². The van der Waals surface area contributed by atoms with Crippen LogP contribution in [0.25, 0.3) is 17.1 Å². The molecular formula is C12H10BrN3O. The van der Waals surface area contributed by atoms with Crippen LogP contribution in [0.4, 0.5) is 5.69 Å². The van der Waals surface area contributed by atoms with Crippen LogP contribution in [-0.4, -0.2) is 9.38 Å². The molecule has 3 aromatic heterocycles. The molecule has 0 aromatic carbocycles. The van der Waals surface area contributed by atoms with E-state index in [1.165, 1.54) is 0 Å². The van der Waals surface area contributed by atoms with Gasteiger partial charge in [-0.1, -0.05) is 0 Å². The summed E-state index contributed by atoms with van der Waals surface area (Å²) < 4.78 is 8.22. The highest BCUT2D eigenvalue weighted by molar-refractivity contribution is 9.10. The molecule has 0 spiro atoms. The molecule has 3 aromatic rings. The van der Waals surface area contributed by atoms with Gasteiger partial charge in [0.05, 0.1) is 5.69 Å². The van der Waals surface area contributed by atoms with Crippen LogP contribution in [0.1, 0.15) is 5.76 Å². The summed E-state index contributed by atoms with van der Waals surface area (Å²) in [6.07, 6.45) is 1.91. The number of nitrogen functional groups attached to an aromatic ring is 1. The number of anilines is 1. The number of hydrogen-bond donors (Lipinski definition) is 1. The summed E-state index contributed by atoms with van der Waals surface area (Å²) >= 11 is 3.42. The van der Waals surface area contributed by atoms with Crippen molar-refractivity contribution in [3.05, 3.63) is 40.8 Å². The van der Waals surface area contributed by atoms with E-state index in [2.05, 4.69) is 20.9 Å². The van der Waals surface area contributed by atoms with E-state index in [4.69, 9.17) is 10.2 Å². The maximum absolute atomic E-state index is 5.93. The van der Waals surface area contributed by atoms with E-state index in [-0.39, 0.29) is 0 Å². The minimum atomic E-state index is 0.682. The maximum atomic E-state index is 5.93. The lowest BCUT2D eigenvalue weighted by Crippen LogP contribution is -1.92. The van der Waals surface area contributed by atoms with Gasteiger partial charge in [0.25, 0.3) is 0 Å². The Morgan fingerprint density at radius 1 is 1.35 bits per heavy atom. The molecule has 3 heterocycles. The molecule has 2 N–H and O–H groups in total. The number of furan rings is 1. The van der Waals surface area contributed by atoms with Crippen LogP contribution in [0.5, 0.6) is 0 Å². The van der Waals surface area contributed by atoms with Crippen molar-refractivity contribution in [2.45, 2.75) is 6.92 Å². The smallest absolute Gasteiger partial charge is 0.182 e. The molecule has 0 radical (unpaired) electrons. The van der Waals surface area contributed by atoms with Gasteiger partial charge in [0, 0.05) is 6.20 Å². The minimum absolute atomic E-state index is 0.682. The Morgan fingerprint density at radius 2 is 2.18 bits per heavy atom. The number of nitrogens with two attached hydrogens (primary N) is 1. The Morgan fingerprint density at radius 3 is 2.88 bits per heavy atom. The third-order valence-corrected chi connectivity index (χ3v) is 3.17. The van der Waals surface area contributed by atoms with Crippen LogP contribution in [0.15, 0.2) is 39.5 Å². The number of rotatable bonds is 1. The number of pyridine rings is 1. The SMILES string of the molecule is Cc1ccc(-c2nc(Br)c3c(N)cccn23)o1. The summed E-state index contributed by atoms with van der Waals surface area (Å²) in [4.78, 5) is 4.44. The molecule has 5 heteroatoms. The first kappa shape index (κ1) is 10.4. The summed E-state index contributed by atoms with van der Waals surface area (Å²) in [5.74, 6) is 2.33. The molecule has 0 saturated carbocycles. The lowest BCUT2D eigenvalue weighted by atomic mass is 10.3. The molecule has 0 saturated heterocycles. The number of imidazole rings is 1. The second-order valence-electron chi connectivity index (χ2n) is 3.82. The van der Waals surface area contributed by atoms with Crippen molar-refractivity contribution >= 4 is 27.1 Å². The molecule has 0 atom stereocenters. The van der Waals surface area contributed by atoms with Crippen molar-refractivity contribution in [3.63, 3.8) is 0 Å². The summed E-state index contributed by atoms with van der Waals surface area (Å²) in [7, 11) is 0. The highest BCUT2D eigenvalue weighted by Gasteiger charge is 2.15. The number of hydrogen-bond acceptors (Lipinski definition) is 3. The third-order valence-electron chi connectivity index (χ3n) is 2.61. The molecule has 0 amide bonds. The van der Waals surface area contributed by atoms with E-state index in [0.29, 0.717) is 5.69 Å². The molecule has 0 bridgehead atoms. The number of halogens is 1. The largest absolute Gasteiger partial charge is 0.458 e. The van der Waals surface area contributed by atoms with E-state index in [1.807, 2.05) is 41.8 Å². The van der Waals surface area contributed by atoms with Crippen LogP contribution in [-0.2, 0) is 0 Å². The van der Waals surface area contributed by atoms with E-state index >= 15 is 0 Å². The molecule has 0 unspecified atom stereocenters. The summed E-state index contributed by atoms with van der Waals surface area (Å²) in [6, 6.07) is 7.55.